The van der Waals surface area contributed by atoms with Gasteiger partial charge in [0.15, 0.2) is 18.8 Å². The third-order valence-electron chi connectivity index (χ3n) is 9.44. The zero-order valence-corrected chi connectivity index (χ0v) is 24.6. The van der Waals surface area contributed by atoms with Crippen molar-refractivity contribution < 1.29 is 61.5 Å². The van der Waals surface area contributed by atoms with Crippen LogP contribution in [0.15, 0.2) is 0 Å². The second-order valence-corrected chi connectivity index (χ2v) is 13.8. The number of aliphatic hydroxyl groups is 2. The number of halogens is 3. The summed E-state index contributed by atoms with van der Waals surface area (Å²) in [5.74, 6) is -4.28. The Balaban J connectivity index is 1.72. The van der Waals surface area contributed by atoms with Crippen LogP contribution in [-0.2, 0) is 38.1 Å². The lowest BCUT2D eigenvalue weighted by molar-refractivity contribution is -0.260. The van der Waals surface area contributed by atoms with E-state index in [1.807, 2.05) is 0 Å². The summed E-state index contributed by atoms with van der Waals surface area (Å²) >= 11 is 0. The predicted molar refractivity (Wildman–Crippen MR) is 135 cm³/mol. The van der Waals surface area contributed by atoms with E-state index in [0.717, 1.165) is 32.1 Å². The lowest BCUT2D eigenvalue weighted by Crippen LogP contribution is -2.65. The molecule has 234 valence electrons. The summed E-state index contributed by atoms with van der Waals surface area (Å²) in [6.07, 6.45) is -0.812. The van der Waals surface area contributed by atoms with Gasteiger partial charge in [0.05, 0.1) is 0 Å². The molecule has 0 aliphatic heterocycles. The first kappa shape index (κ1) is 33.1. The molecule has 4 bridgehead atoms. The van der Waals surface area contributed by atoms with E-state index in [1.54, 1.807) is 27.7 Å². The van der Waals surface area contributed by atoms with Gasteiger partial charge < -0.3 is 29.2 Å². The van der Waals surface area contributed by atoms with Crippen molar-refractivity contribution in [1.82, 2.24) is 0 Å². The van der Waals surface area contributed by atoms with Crippen LogP contribution in [-0.4, -0.2) is 75.9 Å². The summed E-state index contributed by atoms with van der Waals surface area (Å²) in [4.78, 5) is 49.0. The van der Waals surface area contributed by atoms with Crippen LogP contribution in [0.5, 0.6) is 0 Å². The summed E-state index contributed by atoms with van der Waals surface area (Å²) in [6.45, 7) is 7.99. The Bertz CT molecular complexity index is 1060. The van der Waals surface area contributed by atoms with Gasteiger partial charge in [0.1, 0.15) is 11.2 Å². The van der Waals surface area contributed by atoms with Crippen molar-refractivity contribution >= 4 is 23.9 Å². The Labute approximate surface area is 237 Å². The number of esters is 4. The minimum absolute atomic E-state index is 0.242. The van der Waals surface area contributed by atoms with Crippen LogP contribution in [0.1, 0.15) is 87.0 Å². The minimum atomic E-state index is -5.28. The Hall–Kier alpha value is -2.41. The first-order chi connectivity index (χ1) is 18.4. The monoisotopic (exact) mass is 594 g/mol. The van der Waals surface area contributed by atoms with Crippen LogP contribution in [0, 0.1) is 22.7 Å². The van der Waals surface area contributed by atoms with E-state index in [4.69, 9.17) is 14.2 Å². The van der Waals surface area contributed by atoms with E-state index in [0.29, 0.717) is 6.42 Å². The molecule has 0 amide bonds. The van der Waals surface area contributed by atoms with Gasteiger partial charge in [-0.15, -0.1) is 0 Å². The summed E-state index contributed by atoms with van der Waals surface area (Å²) in [5, 5.41) is 19.2. The van der Waals surface area contributed by atoms with E-state index in [2.05, 4.69) is 4.74 Å². The van der Waals surface area contributed by atoms with Crippen molar-refractivity contribution in [2.24, 2.45) is 22.7 Å². The molecule has 13 heteroatoms. The van der Waals surface area contributed by atoms with Crippen molar-refractivity contribution in [2.45, 2.75) is 116 Å². The summed E-state index contributed by atoms with van der Waals surface area (Å²) in [6, 6.07) is 0. The molecule has 0 spiro atoms. The van der Waals surface area contributed by atoms with Crippen LogP contribution in [0.4, 0.5) is 13.2 Å². The Morgan fingerprint density at radius 3 is 1.41 bits per heavy atom. The van der Waals surface area contributed by atoms with Crippen LogP contribution >= 0.6 is 0 Å². The van der Waals surface area contributed by atoms with Gasteiger partial charge in [-0.1, -0.05) is 0 Å². The molecule has 3 atom stereocenters. The van der Waals surface area contributed by atoms with E-state index in [9.17, 15) is 42.6 Å². The SMILES string of the molecule is CC(C)(O)C(=O)OCC(=O)OC(C)(C)C12CC3CC(C1)CC(C(C)(C)OC(=O)COC(=O)C(C)(O)C(F)(F)F)(C3)C2. The Morgan fingerprint density at radius 1 is 0.707 bits per heavy atom. The zero-order valence-electron chi connectivity index (χ0n) is 24.6. The molecule has 0 heterocycles. The normalized spacial score (nSPS) is 29.4. The standard InChI is InChI=1S/C28H41F3O10/c1-22(2,36)20(34)38-13-18(32)40-23(3,4)26-9-16-8-17(10-26)12-27(11-16,15-26)24(5,6)41-19(33)14-39-21(35)25(7,37)28(29,30)31/h16-17,36-37H,8-15H2,1-7H3. The van der Waals surface area contributed by atoms with Gasteiger partial charge in [0.25, 0.3) is 5.60 Å². The number of rotatable bonds is 10. The highest BCUT2D eigenvalue weighted by atomic mass is 19.4. The molecule has 2 N–H and O–H groups in total. The lowest BCUT2D eigenvalue weighted by atomic mass is 9.38. The van der Waals surface area contributed by atoms with Gasteiger partial charge in [-0.25, -0.2) is 19.2 Å². The molecule has 4 fully saturated rings. The Kier molecular flexibility index (Phi) is 8.39. The topological polar surface area (TPSA) is 146 Å². The molecule has 0 aromatic rings. The van der Waals surface area contributed by atoms with Crippen molar-refractivity contribution in [3.8, 4) is 0 Å². The highest BCUT2D eigenvalue weighted by molar-refractivity contribution is 5.83. The van der Waals surface area contributed by atoms with Gasteiger partial charge in [0, 0.05) is 10.8 Å². The van der Waals surface area contributed by atoms with E-state index < -0.39 is 76.5 Å². The quantitative estimate of drug-likeness (QED) is 0.285. The fourth-order valence-corrected chi connectivity index (χ4v) is 7.20. The van der Waals surface area contributed by atoms with Crippen LogP contribution in [0.3, 0.4) is 0 Å². The van der Waals surface area contributed by atoms with Gasteiger partial charge in [-0.3, -0.25) is 0 Å². The number of hydrogen-bond donors (Lipinski definition) is 2. The number of hydrogen-bond acceptors (Lipinski definition) is 10. The van der Waals surface area contributed by atoms with Crippen molar-refractivity contribution in [3.05, 3.63) is 0 Å². The van der Waals surface area contributed by atoms with Crippen LogP contribution in [0.2, 0.25) is 0 Å². The largest absolute Gasteiger partial charge is 0.457 e. The molecular weight excluding hydrogens is 553 g/mol. The molecule has 4 aliphatic carbocycles. The molecule has 3 unspecified atom stereocenters. The molecule has 41 heavy (non-hydrogen) atoms. The van der Waals surface area contributed by atoms with Crippen molar-refractivity contribution in [3.63, 3.8) is 0 Å². The average Bonchev–Trinajstić information content (AvgIpc) is 2.78. The molecule has 4 rings (SSSR count). The van der Waals surface area contributed by atoms with Gasteiger partial charge in [0.2, 0.25) is 0 Å². The maximum atomic E-state index is 12.9. The minimum Gasteiger partial charge on any atom is -0.457 e. The molecule has 0 aromatic carbocycles. The summed E-state index contributed by atoms with van der Waals surface area (Å²) in [5.41, 5.74) is -8.69. The third-order valence-corrected chi connectivity index (χ3v) is 9.44. The fraction of sp³-hybridized carbons (Fsp3) is 0.857. The van der Waals surface area contributed by atoms with E-state index in [-0.39, 0.29) is 18.8 Å². The highest BCUT2D eigenvalue weighted by Crippen LogP contribution is 2.71. The number of alkyl halides is 3. The van der Waals surface area contributed by atoms with Crippen molar-refractivity contribution in [2.75, 3.05) is 13.2 Å². The van der Waals surface area contributed by atoms with Crippen LogP contribution < -0.4 is 0 Å². The fourth-order valence-electron chi connectivity index (χ4n) is 7.20. The second kappa shape index (κ2) is 10.4. The Morgan fingerprint density at radius 2 is 1.07 bits per heavy atom. The first-order valence-electron chi connectivity index (χ1n) is 13.7. The summed E-state index contributed by atoms with van der Waals surface area (Å²) < 4.78 is 59.7. The maximum absolute atomic E-state index is 12.9. The van der Waals surface area contributed by atoms with Crippen LogP contribution in [0.25, 0.3) is 0 Å². The zero-order chi connectivity index (χ0) is 31.4. The summed E-state index contributed by atoms with van der Waals surface area (Å²) in [7, 11) is 0. The second-order valence-electron chi connectivity index (χ2n) is 13.8. The molecule has 10 nitrogen and oxygen atoms in total. The smallest absolute Gasteiger partial charge is 0.427 e. The lowest BCUT2D eigenvalue weighted by Gasteiger charge is -2.68. The molecule has 4 aliphatic rings. The highest BCUT2D eigenvalue weighted by Gasteiger charge is 2.67. The number of carbonyl (C=O) groups excluding carboxylic acids is 4. The molecule has 0 radical (unpaired) electrons. The van der Waals surface area contributed by atoms with Gasteiger partial charge in [-0.05, 0) is 98.8 Å². The molecule has 0 aromatic heterocycles. The average molecular weight is 595 g/mol. The molecule has 0 saturated heterocycles. The first-order valence-corrected chi connectivity index (χ1v) is 13.7. The number of ether oxygens (including phenoxy) is 4. The van der Waals surface area contributed by atoms with Crippen molar-refractivity contribution in [1.29, 1.82) is 0 Å². The number of carbonyl (C=O) groups is 4. The maximum Gasteiger partial charge on any atom is 0.427 e. The van der Waals surface area contributed by atoms with E-state index >= 15 is 0 Å². The van der Waals surface area contributed by atoms with E-state index in [1.165, 1.54) is 13.8 Å². The molecule has 4 saturated carbocycles. The third kappa shape index (κ3) is 6.35. The predicted octanol–water partition coefficient (Wildman–Crippen LogP) is 3.39. The van der Waals surface area contributed by atoms with Gasteiger partial charge >= 0.3 is 30.1 Å². The van der Waals surface area contributed by atoms with Gasteiger partial charge in [-0.2, -0.15) is 13.2 Å². The molecular formula is C28H41F3O10.